The molecule has 1 aromatic heterocycles. The lowest BCUT2D eigenvalue weighted by atomic mass is 9.97. The highest BCUT2D eigenvalue weighted by atomic mass is 32.1. The van der Waals surface area contributed by atoms with Crippen LogP contribution in [0.5, 0.6) is 11.5 Å². The first-order valence-electron chi connectivity index (χ1n) is 12.5. The van der Waals surface area contributed by atoms with Crippen LogP contribution in [0.25, 0.3) is 0 Å². The molecule has 2 aliphatic heterocycles. The molecule has 2 aliphatic rings. The number of para-hydroxylation sites is 1. The van der Waals surface area contributed by atoms with Gasteiger partial charge in [-0.25, -0.2) is 4.98 Å². The molecule has 36 heavy (non-hydrogen) atoms. The van der Waals surface area contributed by atoms with Crippen molar-refractivity contribution < 1.29 is 19.1 Å². The smallest absolute Gasteiger partial charge is 0.273 e. The topological polar surface area (TPSA) is 72.0 Å². The van der Waals surface area contributed by atoms with Gasteiger partial charge in [-0.2, -0.15) is 0 Å². The first-order chi connectivity index (χ1) is 17.5. The summed E-state index contributed by atoms with van der Waals surface area (Å²) in [5.41, 5.74) is 1.19. The quantitative estimate of drug-likeness (QED) is 0.459. The number of carbonyl (C=O) groups is 2. The van der Waals surface area contributed by atoms with Gasteiger partial charge >= 0.3 is 0 Å². The minimum absolute atomic E-state index is 0.0234. The van der Waals surface area contributed by atoms with Gasteiger partial charge in [0.2, 0.25) is 0 Å². The fourth-order valence-electron chi connectivity index (χ4n) is 4.57. The Morgan fingerprint density at radius 2 is 1.61 bits per heavy atom. The first kappa shape index (κ1) is 24.3. The van der Waals surface area contributed by atoms with Gasteiger partial charge in [0.25, 0.3) is 11.8 Å². The van der Waals surface area contributed by atoms with Crippen LogP contribution < -0.4 is 9.47 Å². The third kappa shape index (κ3) is 5.54. The zero-order valence-electron chi connectivity index (χ0n) is 20.6. The summed E-state index contributed by atoms with van der Waals surface area (Å²) in [6.45, 7) is 6.47. The lowest BCUT2D eigenvalue weighted by Crippen LogP contribution is -2.56. The monoisotopic (exact) mass is 505 g/mol. The van der Waals surface area contributed by atoms with Crippen LogP contribution in [0.3, 0.4) is 0 Å². The number of hydrogen-bond donors (Lipinski definition) is 0. The van der Waals surface area contributed by atoms with Crippen molar-refractivity contribution >= 4 is 23.2 Å². The molecule has 188 valence electrons. The Morgan fingerprint density at radius 1 is 0.917 bits per heavy atom. The molecule has 0 spiro atoms. The number of likely N-dealkylation sites (tertiary alicyclic amines) is 2. The van der Waals surface area contributed by atoms with Gasteiger partial charge < -0.3 is 19.3 Å². The predicted molar refractivity (Wildman–Crippen MR) is 139 cm³/mol. The first-order valence-corrected chi connectivity index (χ1v) is 13.4. The zero-order chi connectivity index (χ0) is 25.1. The molecule has 3 heterocycles. The molecule has 0 bridgehead atoms. The molecular formula is C28H31N3O4S. The van der Waals surface area contributed by atoms with E-state index in [0.29, 0.717) is 37.4 Å². The van der Waals surface area contributed by atoms with Gasteiger partial charge in [0, 0.05) is 30.0 Å². The maximum absolute atomic E-state index is 12.9. The Bertz CT molecular complexity index is 1180. The van der Waals surface area contributed by atoms with Gasteiger partial charge in [0.05, 0.1) is 24.2 Å². The fourth-order valence-corrected chi connectivity index (χ4v) is 5.53. The normalized spacial score (nSPS) is 16.6. The number of rotatable bonds is 7. The van der Waals surface area contributed by atoms with Gasteiger partial charge in [0.15, 0.2) is 0 Å². The maximum atomic E-state index is 12.9. The maximum Gasteiger partial charge on any atom is 0.273 e. The Labute approximate surface area is 215 Å². The van der Waals surface area contributed by atoms with Crippen LogP contribution in [0, 0.1) is 0 Å². The average molecular weight is 506 g/mol. The summed E-state index contributed by atoms with van der Waals surface area (Å²) < 4.78 is 11.6. The number of benzene rings is 2. The molecule has 0 unspecified atom stereocenters. The molecule has 2 amide bonds. The van der Waals surface area contributed by atoms with E-state index < -0.39 is 0 Å². The van der Waals surface area contributed by atoms with E-state index in [1.807, 2.05) is 78.7 Å². The van der Waals surface area contributed by atoms with Crippen LogP contribution in [-0.2, 0) is 0 Å². The summed E-state index contributed by atoms with van der Waals surface area (Å²) in [6, 6.07) is 17.0. The van der Waals surface area contributed by atoms with Crippen molar-refractivity contribution in [1.82, 2.24) is 14.8 Å². The van der Waals surface area contributed by atoms with Crippen molar-refractivity contribution in [2.45, 2.75) is 44.8 Å². The third-order valence-electron chi connectivity index (χ3n) is 6.53. The largest absolute Gasteiger partial charge is 0.491 e. The van der Waals surface area contributed by atoms with Crippen LogP contribution >= 0.6 is 11.3 Å². The van der Waals surface area contributed by atoms with Crippen molar-refractivity contribution in [1.29, 1.82) is 0 Å². The van der Waals surface area contributed by atoms with Crippen LogP contribution in [-0.4, -0.2) is 65.0 Å². The van der Waals surface area contributed by atoms with Crippen molar-refractivity contribution in [2.75, 3.05) is 26.2 Å². The number of amides is 2. The van der Waals surface area contributed by atoms with E-state index in [2.05, 4.69) is 4.98 Å². The van der Waals surface area contributed by atoms with Gasteiger partial charge in [0.1, 0.15) is 23.3 Å². The summed E-state index contributed by atoms with van der Waals surface area (Å²) in [4.78, 5) is 34.2. The van der Waals surface area contributed by atoms with Crippen molar-refractivity contribution in [2.24, 2.45) is 0 Å². The number of ether oxygens (including phenoxy) is 2. The van der Waals surface area contributed by atoms with Crippen LogP contribution in [0.4, 0.5) is 0 Å². The highest BCUT2D eigenvalue weighted by Crippen LogP contribution is 2.32. The number of aromatic nitrogens is 1. The summed E-state index contributed by atoms with van der Waals surface area (Å²) in [6.07, 6.45) is 1.81. The molecule has 0 aliphatic carbocycles. The molecule has 2 aromatic carbocycles. The number of thiazole rings is 1. The molecule has 2 fully saturated rings. The van der Waals surface area contributed by atoms with Gasteiger partial charge in [-0.15, -0.1) is 11.3 Å². The zero-order valence-corrected chi connectivity index (χ0v) is 21.4. The number of hydrogen-bond acceptors (Lipinski definition) is 6. The van der Waals surface area contributed by atoms with E-state index >= 15 is 0 Å². The second-order valence-corrected chi connectivity index (χ2v) is 10.5. The number of nitrogens with zero attached hydrogens (tertiary/aromatic N) is 3. The van der Waals surface area contributed by atoms with E-state index in [1.54, 1.807) is 16.2 Å². The molecule has 0 atom stereocenters. The van der Waals surface area contributed by atoms with Gasteiger partial charge in [-0.3, -0.25) is 9.59 Å². The molecule has 0 radical (unpaired) electrons. The van der Waals surface area contributed by atoms with E-state index in [-0.39, 0.29) is 29.9 Å². The predicted octanol–water partition coefficient (Wildman–Crippen LogP) is 4.85. The molecule has 0 saturated carbocycles. The number of piperidine rings is 1. The standard InChI is InChI=1S/C28H31N3O4S/c1-19(2)34-23-10-8-21(9-11-23)27(32)30-14-12-20(13-15-30)26-29-25(18-36-26)28(33)31-16-24(17-31)35-22-6-4-3-5-7-22/h3-11,18-20,24H,12-17H2,1-2H3. The van der Waals surface area contributed by atoms with Gasteiger partial charge in [-0.05, 0) is 63.1 Å². The second kappa shape index (κ2) is 10.7. The van der Waals surface area contributed by atoms with Gasteiger partial charge in [-0.1, -0.05) is 18.2 Å². The van der Waals surface area contributed by atoms with Crippen LogP contribution in [0.15, 0.2) is 60.0 Å². The Balaban J connectivity index is 1.10. The van der Waals surface area contributed by atoms with Crippen molar-refractivity contribution in [3.05, 3.63) is 76.2 Å². The molecule has 5 rings (SSSR count). The lowest BCUT2D eigenvalue weighted by Gasteiger charge is -2.38. The molecule has 7 nitrogen and oxygen atoms in total. The Kier molecular flexibility index (Phi) is 7.23. The summed E-state index contributed by atoms with van der Waals surface area (Å²) in [7, 11) is 0. The van der Waals surface area contributed by atoms with E-state index in [4.69, 9.17) is 9.47 Å². The average Bonchev–Trinajstić information content (AvgIpc) is 3.36. The lowest BCUT2D eigenvalue weighted by molar-refractivity contribution is 0.0174. The van der Waals surface area contributed by atoms with E-state index in [9.17, 15) is 9.59 Å². The fraction of sp³-hybridized carbons (Fsp3) is 0.393. The molecule has 3 aromatic rings. The molecule has 2 saturated heterocycles. The van der Waals surface area contributed by atoms with E-state index in [0.717, 1.165) is 29.3 Å². The second-order valence-electron chi connectivity index (χ2n) is 9.59. The van der Waals surface area contributed by atoms with Crippen molar-refractivity contribution in [3.8, 4) is 11.5 Å². The van der Waals surface area contributed by atoms with E-state index in [1.165, 1.54) is 0 Å². The summed E-state index contributed by atoms with van der Waals surface area (Å²) in [5.74, 6) is 1.87. The highest BCUT2D eigenvalue weighted by molar-refractivity contribution is 7.09. The SMILES string of the molecule is CC(C)Oc1ccc(C(=O)N2CCC(c3nc(C(=O)N4CC(Oc5ccccc5)C4)cs3)CC2)cc1. The Morgan fingerprint density at radius 3 is 2.28 bits per heavy atom. The molecular weight excluding hydrogens is 474 g/mol. The van der Waals surface area contributed by atoms with Crippen LogP contribution in [0.2, 0.25) is 0 Å². The highest BCUT2D eigenvalue weighted by Gasteiger charge is 2.34. The number of carbonyl (C=O) groups excluding carboxylic acids is 2. The molecule has 0 N–H and O–H groups in total. The van der Waals surface area contributed by atoms with Crippen molar-refractivity contribution in [3.63, 3.8) is 0 Å². The Hall–Kier alpha value is -3.39. The minimum Gasteiger partial charge on any atom is -0.491 e. The minimum atomic E-state index is -0.0390. The third-order valence-corrected chi connectivity index (χ3v) is 7.53. The summed E-state index contributed by atoms with van der Waals surface area (Å²) >= 11 is 1.54. The van der Waals surface area contributed by atoms with Crippen LogP contribution in [0.1, 0.15) is 58.5 Å². The molecule has 8 heteroatoms. The summed E-state index contributed by atoms with van der Waals surface area (Å²) in [5, 5.41) is 2.85.